The third-order valence-corrected chi connectivity index (χ3v) is 6.50. The maximum atomic E-state index is 13.5. The minimum atomic E-state index is -0.00502. The van der Waals surface area contributed by atoms with Crippen LogP contribution in [0.5, 0.6) is 11.5 Å². The first-order valence-electron chi connectivity index (χ1n) is 11.6. The van der Waals surface area contributed by atoms with Gasteiger partial charge in [0.25, 0.3) is 5.91 Å². The lowest BCUT2D eigenvalue weighted by molar-refractivity contribution is 0.0619. The van der Waals surface area contributed by atoms with E-state index in [1.165, 1.54) is 0 Å². The van der Waals surface area contributed by atoms with Gasteiger partial charge in [-0.3, -0.25) is 14.4 Å². The van der Waals surface area contributed by atoms with Gasteiger partial charge in [-0.15, -0.1) is 0 Å². The number of methoxy groups -OCH3 is 2. The Labute approximate surface area is 194 Å². The van der Waals surface area contributed by atoms with E-state index in [9.17, 15) is 9.90 Å². The highest BCUT2D eigenvalue weighted by molar-refractivity contribution is 5.95. The van der Waals surface area contributed by atoms with Crippen LogP contribution in [0.3, 0.4) is 0 Å². The smallest absolute Gasteiger partial charge is 0.257 e. The van der Waals surface area contributed by atoms with Crippen molar-refractivity contribution in [2.75, 3.05) is 60.2 Å². The lowest BCUT2D eigenvalue weighted by Crippen LogP contribution is -2.48. The minimum Gasteiger partial charge on any atom is -0.497 e. The van der Waals surface area contributed by atoms with Crippen molar-refractivity contribution in [1.29, 1.82) is 0 Å². The molecule has 1 N–H and O–H groups in total. The molecule has 33 heavy (non-hydrogen) atoms. The SMILES string of the molecule is COc1ccc(OC)c(CN2CCN(C(=O)c3cn(CCO)nc3C3CCOCC3)CC2)c1. The molecule has 0 saturated carbocycles. The summed E-state index contributed by atoms with van der Waals surface area (Å²) >= 11 is 0. The molecule has 0 bridgehead atoms. The number of rotatable bonds is 8. The summed E-state index contributed by atoms with van der Waals surface area (Å²) in [5, 5.41) is 14.0. The average molecular weight is 459 g/mol. The number of benzene rings is 1. The second-order valence-electron chi connectivity index (χ2n) is 8.55. The molecule has 9 heteroatoms. The van der Waals surface area contributed by atoms with E-state index in [1.54, 1.807) is 25.1 Å². The van der Waals surface area contributed by atoms with Crippen LogP contribution in [-0.4, -0.2) is 90.8 Å². The van der Waals surface area contributed by atoms with Gasteiger partial charge in [0.2, 0.25) is 0 Å². The van der Waals surface area contributed by atoms with Crippen LogP contribution >= 0.6 is 0 Å². The minimum absolute atomic E-state index is 0.00502. The van der Waals surface area contributed by atoms with Gasteiger partial charge < -0.3 is 24.2 Å². The van der Waals surface area contributed by atoms with E-state index in [0.29, 0.717) is 38.4 Å². The number of aliphatic hydroxyl groups excluding tert-OH is 1. The van der Waals surface area contributed by atoms with E-state index in [4.69, 9.17) is 14.2 Å². The van der Waals surface area contributed by atoms with Gasteiger partial charge >= 0.3 is 0 Å². The number of nitrogens with zero attached hydrogens (tertiary/aromatic N) is 4. The Balaban J connectivity index is 1.42. The zero-order valence-corrected chi connectivity index (χ0v) is 19.5. The van der Waals surface area contributed by atoms with Gasteiger partial charge in [0.1, 0.15) is 11.5 Å². The predicted molar refractivity (Wildman–Crippen MR) is 123 cm³/mol. The zero-order valence-electron chi connectivity index (χ0n) is 19.5. The summed E-state index contributed by atoms with van der Waals surface area (Å²) in [6, 6.07) is 5.83. The van der Waals surface area contributed by atoms with Gasteiger partial charge in [-0.2, -0.15) is 5.10 Å². The Morgan fingerprint density at radius 2 is 1.91 bits per heavy atom. The Bertz CT molecular complexity index is 933. The quantitative estimate of drug-likeness (QED) is 0.645. The molecule has 1 aromatic carbocycles. The van der Waals surface area contributed by atoms with Crippen molar-refractivity contribution >= 4 is 5.91 Å². The number of aliphatic hydroxyl groups is 1. The molecular weight excluding hydrogens is 424 g/mol. The Kier molecular flexibility index (Phi) is 7.85. The molecular formula is C24H34N4O5. The molecule has 2 aliphatic rings. The molecule has 180 valence electrons. The standard InChI is InChI=1S/C24H34N4O5/c1-31-20-3-4-22(32-2)19(15-20)16-26-7-9-27(10-8-26)24(30)21-17-28(11-12-29)25-23(21)18-5-13-33-14-6-18/h3-4,15,17-18,29H,5-14,16H2,1-2H3. The molecule has 2 fully saturated rings. The molecule has 2 aliphatic heterocycles. The molecule has 2 saturated heterocycles. The largest absolute Gasteiger partial charge is 0.497 e. The van der Waals surface area contributed by atoms with Crippen LogP contribution in [0.15, 0.2) is 24.4 Å². The van der Waals surface area contributed by atoms with Crippen molar-refractivity contribution in [3.8, 4) is 11.5 Å². The van der Waals surface area contributed by atoms with Crippen LogP contribution in [0.2, 0.25) is 0 Å². The molecule has 9 nitrogen and oxygen atoms in total. The summed E-state index contributed by atoms with van der Waals surface area (Å²) in [6.45, 7) is 5.38. The molecule has 0 spiro atoms. The first kappa shape index (κ1) is 23.5. The van der Waals surface area contributed by atoms with Crippen molar-refractivity contribution in [3.63, 3.8) is 0 Å². The fraction of sp³-hybridized carbons (Fsp3) is 0.583. The van der Waals surface area contributed by atoms with Crippen LogP contribution in [0, 0.1) is 0 Å². The molecule has 1 aromatic heterocycles. The number of aromatic nitrogens is 2. The van der Waals surface area contributed by atoms with Gasteiger partial charge in [0, 0.05) is 63.6 Å². The molecule has 1 amide bonds. The number of ether oxygens (including phenoxy) is 3. The first-order valence-corrected chi connectivity index (χ1v) is 11.6. The normalized spacial score (nSPS) is 17.8. The number of hydrogen-bond donors (Lipinski definition) is 1. The predicted octanol–water partition coefficient (Wildman–Crippen LogP) is 1.74. The van der Waals surface area contributed by atoms with Crippen LogP contribution in [0.4, 0.5) is 0 Å². The van der Waals surface area contributed by atoms with E-state index in [1.807, 2.05) is 23.1 Å². The molecule has 2 aromatic rings. The lowest BCUT2D eigenvalue weighted by Gasteiger charge is -2.35. The van der Waals surface area contributed by atoms with Gasteiger partial charge in [0.05, 0.1) is 38.6 Å². The second-order valence-corrected chi connectivity index (χ2v) is 8.55. The summed E-state index contributed by atoms with van der Waals surface area (Å²) in [6.07, 6.45) is 3.54. The molecule has 0 aliphatic carbocycles. The molecule has 4 rings (SSSR count). The van der Waals surface area contributed by atoms with Crippen molar-refractivity contribution in [2.45, 2.75) is 31.8 Å². The number of amides is 1. The summed E-state index contributed by atoms with van der Waals surface area (Å²) < 4.78 is 18.1. The zero-order chi connectivity index (χ0) is 23.2. The number of piperazine rings is 1. The maximum Gasteiger partial charge on any atom is 0.257 e. The van der Waals surface area contributed by atoms with Crippen LogP contribution in [0.25, 0.3) is 0 Å². The lowest BCUT2D eigenvalue weighted by atomic mass is 9.93. The van der Waals surface area contributed by atoms with Crippen molar-refractivity contribution in [3.05, 3.63) is 41.2 Å². The van der Waals surface area contributed by atoms with Gasteiger partial charge in [0.15, 0.2) is 0 Å². The van der Waals surface area contributed by atoms with Crippen molar-refractivity contribution in [1.82, 2.24) is 19.6 Å². The molecule has 0 radical (unpaired) electrons. The highest BCUT2D eigenvalue weighted by Gasteiger charge is 2.30. The fourth-order valence-corrected chi connectivity index (χ4v) is 4.62. The van der Waals surface area contributed by atoms with Gasteiger partial charge in [-0.05, 0) is 31.0 Å². The van der Waals surface area contributed by atoms with E-state index >= 15 is 0 Å². The monoisotopic (exact) mass is 458 g/mol. The Morgan fingerprint density at radius 3 is 2.58 bits per heavy atom. The summed E-state index contributed by atoms with van der Waals surface area (Å²) in [7, 11) is 3.34. The summed E-state index contributed by atoms with van der Waals surface area (Å²) in [5.41, 5.74) is 2.59. The number of hydrogen-bond acceptors (Lipinski definition) is 7. The van der Waals surface area contributed by atoms with E-state index in [0.717, 1.165) is 55.2 Å². The van der Waals surface area contributed by atoms with Crippen LogP contribution in [0.1, 0.15) is 40.4 Å². The molecule has 0 atom stereocenters. The van der Waals surface area contributed by atoms with Gasteiger partial charge in [-0.25, -0.2) is 0 Å². The highest BCUT2D eigenvalue weighted by Crippen LogP contribution is 2.30. The van der Waals surface area contributed by atoms with E-state index in [-0.39, 0.29) is 18.4 Å². The summed E-state index contributed by atoms with van der Waals surface area (Å²) in [5.74, 6) is 1.89. The summed E-state index contributed by atoms with van der Waals surface area (Å²) in [4.78, 5) is 17.7. The highest BCUT2D eigenvalue weighted by atomic mass is 16.5. The third kappa shape index (κ3) is 5.48. The molecule has 3 heterocycles. The topological polar surface area (TPSA) is 89.3 Å². The van der Waals surface area contributed by atoms with E-state index in [2.05, 4.69) is 10.00 Å². The molecule has 0 unspecified atom stereocenters. The maximum absolute atomic E-state index is 13.5. The van der Waals surface area contributed by atoms with Crippen LogP contribution < -0.4 is 9.47 Å². The van der Waals surface area contributed by atoms with Crippen LogP contribution in [-0.2, 0) is 17.8 Å². The fourth-order valence-electron chi connectivity index (χ4n) is 4.62. The Hall–Kier alpha value is -2.62. The number of carbonyl (C=O) groups excluding carboxylic acids is 1. The second kappa shape index (κ2) is 11.0. The third-order valence-electron chi connectivity index (χ3n) is 6.50. The van der Waals surface area contributed by atoms with E-state index < -0.39 is 0 Å². The van der Waals surface area contributed by atoms with Crippen molar-refractivity contribution in [2.24, 2.45) is 0 Å². The average Bonchev–Trinajstić information content (AvgIpc) is 3.28. The first-order chi connectivity index (χ1) is 16.1. The van der Waals surface area contributed by atoms with Gasteiger partial charge in [-0.1, -0.05) is 0 Å². The number of carbonyl (C=O) groups is 1. The Morgan fingerprint density at radius 1 is 1.15 bits per heavy atom. The van der Waals surface area contributed by atoms with Crippen molar-refractivity contribution < 1.29 is 24.1 Å².